The zero-order valence-corrected chi connectivity index (χ0v) is 15.9. The number of benzene rings is 2. The summed E-state index contributed by atoms with van der Waals surface area (Å²) in [6.07, 6.45) is 0. The number of hydrogen-bond acceptors (Lipinski definition) is 7. The van der Waals surface area contributed by atoms with Crippen LogP contribution < -0.4 is 9.64 Å². The standard InChI is InChI=1S/C18H17ClN4O6/c19-13-5-6-14(16(11-13)23(27)28)20-7-9-21(10-8-20)18(24)12-29-17-4-2-1-3-15(17)22(25)26/h1-6,11H,7-10,12H2. The lowest BCUT2D eigenvalue weighted by Gasteiger charge is -2.35. The molecule has 3 rings (SSSR count). The summed E-state index contributed by atoms with van der Waals surface area (Å²) in [5, 5.41) is 22.6. The largest absolute Gasteiger partial charge is 0.477 e. The molecule has 1 amide bonds. The number of halogens is 1. The van der Waals surface area contributed by atoms with E-state index >= 15 is 0 Å². The topological polar surface area (TPSA) is 119 Å². The fourth-order valence-electron chi connectivity index (χ4n) is 3.07. The van der Waals surface area contributed by atoms with Gasteiger partial charge in [0.25, 0.3) is 11.6 Å². The van der Waals surface area contributed by atoms with Crippen LogP contribution >= 0.6 is 11.6 Å². The number of nitro benzene ring substituents is 2. The fourth-order valence-corrected chi connectivity index (χ4v) is 3.23. The Labute approximate surface area is 170 Å². The molecule has 1 fully saturated rings. The highest BCUT2D eigenvalue weighted by Gasteiger charge is 2.26. The maximum absolute atomic E-state index is 12.4. The Kier molecular flexibility index (Phi) is 6.13. The molecule has 11 heteroatoms. The molecular formula is C18H17ClN4O6. The highest BCUT2D eigenvalue weighted by atomic mass is 35.5. The molecule has 10 nitrogen and oxygen atoms in total. The van der Waals surface area contributed by atoms with E-state index in [0.29, 0.717) is 31.9 Å². The van der Waals surface area contributed by atoms with Crippen LogP contribution in [0.1, 0.15) is 0 Å². The molecule has 0 bridgehead atoms. The number of ether oxygens (including phenoxy) is 1. The lowest BCUT2D eigenvalue weighted by Crippen LogP contribution is -2.50. The summed E-state index contributed by atoms with van der Waals surface area (Å²) < 4.78 is 5.34. The molecule has 0 saturated carbocycles. The van der Waals surface area contributed by atoms with Gasteiger partial charge in [-0.2, -0.15) is 0 Å². The number of hydrogen-bond donors (Lipinski definition) is 0. The maximum atomic E-state index is 12.4. The van der Waals surface area contributed by atoms with E-state index < -0.39 is 9.85 Å². The van der Waals surface area contributed by atoms with E-state index in [1.807, 2.05) is 4.90 Å². The van der Waals surface area contributed by atoms with Crippen molar-refractivity contribution < 1.29 is 19.4 Å². The second kappa shape index (κ2) is 8.74. The van der Waals surface area contributed by atoms with Gasteiger partial charge in [-0.3, -0.25) is 25.0 Å². The lowest BCUT2D eigenvalue weighted by molar-refractivity contribution is -0.385. The molecule has 0 radical (unpaired) electrons. The number of anilines is 1. The molecule has 1 saturated heterocycles. The quantitative estimate of drug-likeness (QED) is 0.520. The van der Waals surface area contributed by atoms with E-state index in [1.54, 1.807) is 23.1 Å². The Morgan fingerprint density at radius 3 is 2.31 bits per heavy atom. The highest BCUT2D eigenvalue weighted by molar-refractivity contribution is 6.30. The first-order valence-electron chi connectivity index (χ1n) is 8.69. The van der Waals surface area contributed by atoms with Gasteiger partial charge in [-0.15, -0.1) is 0 Å². The SMILES string of the molecule is O=C(COc1ccccc1[N+](=O)[O-])N1CCN(c2ccc(Cl)cc2[N+](=O)[O-])CC1. The van der Waals surface area contributed by atoms with Crippen molar-refractivity contribution in [3.05, 3.63) is 67.7 Å². The van der Waals surface area contributed by atoms with E-state index in [4.69, 9.17) is 16.3 Å². The van der Waals surface area contributed by atoms with Crippen molar-refractivity contribution in [1.82, 2.24) is 4.90 Å². The predicted molar refractivity (Wildman–Crippen MR) is 105 cm³/mol. The van der Waals surface area contributed by atoms with Crippen LogP contribution in [0.4, 0.5) is 17.1 Å². The van der Waals surface area contributed by atoms with Gasteiger partial charge in [-0.25, -0.2) is 0 Å². The highest BCUT2D eigenvalue weighted by Crippen LogP contribution is 2.31. The molecule has 0 aromatic heterocycles. The van der Waals surface area contributed by atoms with Crippen molar-refractivity contribution in [2.75, 3.05) is 37.7 Å². The van der Waals surface area contributed by atoms with E-state index in [0.717, 1.165) is 0 Å². The predicted octanol–water partition coefficient (Wildman–Crippen LogP) is 2.88. The summed E-state index contributed by atoms with van der Waals surface area (Å²) in [5.41, 5.74) is 0.153. The Bertz CT molecular complexity index is 946. The molecule has 0 unspecified atom stereocenters. The average Bonchev–Trinajstić information content (AvgIpc) is 2.72. The van der Waals surface area contributed by atoms with Crippen LogP contribution in [0.15, 0.2) is 42.5 Å². The number of carbonyl (C=O) groups excluding carboxylic acids is 1. The van der Waals surface area contributed by atoms with Gasteiger partial charge < -0.3 is 14.5 Å². The number of nitrogens with zero attached hydrogens (tertiary/aromatic N) is 4. The van der Waals surface area contributed by atoms with Crippen molar-refractivity contribution >= 4 is 34.6 Å². The number of rotatable bonds is 6. The van der Waals surface area contributed by atoms with Gasteiger partial charge in [0.15, 0.2) is 12.4 Å². The molecule has 1 heterocycles. The Morgan fingerprint density at radius 1 is 1.00 bits per heavy atom. The lowest BCUT2D eigenvalue weighted by atomic mass is 10.2. The molecule has 29 heavy (non-hydrogen) atoms. The molecule has 2 aromatic carbocycles. The van der Waals surface area contributed by atoms with Crippen LogP contribution in [-0.2, 0) is 4.79 Å². The van der Waals surface area contributed by atoms with Gasteiger partial charge in [0.05, 0.1) is 9.85 Å². The number of carbonyl (C=O) groups is 1. The Morgan fingerprint density at radius 2 is 1.66 bits per heavy atom. The number of piperazine rings is 1. The maximum Gasteiger partial charge on any atom is 0.310 e. The molecule has 2 aromatic rings. The van der Waals surface area contributed by atoms with Crippen molar-refractivity contribution in [1.29, 1.82) is 0 Å². The monoisotopic (exact) mass is 420 g/mol. The third kappa shape index (κ3) is 4.72. The van der Waals surface area contributed by atoms with Gasteiger partial charge in [0, 0.05) is 43.3 Å². The normalized spacial score (nSPS) is 13.8. The summed E-state index contributed by atoms with van der Waals surface area (Å²) in [4.78, 5) is 37.0. The zero-order valence-electron chi connectivity index (χ0n) is 15.2. The van der Waals surface area contributed by atoms with E-state index in [2.05, 4.69) is 0 Å². The van der Waals surface area contributed by atoms with Gasteiger partial charge >= 0.3 is 5.69 Å². The molecule has 152 valence electrons. The molecule has 0 atom stereocenters. The minimum Gasteiger partial charge on any atom is -0.477 e. The fraction of sp³-hybridized carbons (Fsp3) is 0.278. The Hall–Kier alpha value is -3.40. The van der Waals surface area contributed by atoms with E-state index in [9.17, 15) is 25.0 Å². The molecule has 1 aliphatic rings. The minimum atomic E-state index is -0.572. The first kappa shape index (κ1) is 20.3. The summed E-state index contributed by atoms with van der Waals surface area (Å²) >= 11 is 5.85. The summed E-state index contributed by atoms with van der Waals surface area (Å²) in [5.74, 6) is -0.283. The van der Waals surface area contributed by atoms with Gasteiger partial charge in [-0.1, -0.05) is 23.7 Å². The third-order valence-corrected chi connectivity index (χ3v) is 4.76. The molecular weight excluding hydrogens is 404 g/mol. The van der Waals surface area contributed by atoms with Crippen molar-refractivity contribution in [3.63, 3.8) is 0 Å². The molecule has 0 N–H and O–H groups in total. The molecule has 0 spiro atoms. The van der Waals surface area contributed by atoms with Gasteiger partial charge in [-0.05, 0) is 18.2 Å². The van der Waals surface area contributed by atoms with Crippen LogP contribution in [-0.4, -0.2) is 53.4 Å². The van der Waals surface area contributed by atoms with E-state index in [1.165, 1.54) is 24.3 Å². The van der Waals surface area contributed by atoms with Crippen molar-refractivity contribution in [2.24, 2.45) is 0 Å². The van der Waals surface area contributed by atoms with Gasteiger partial charge in [0.2, 0.25) is 0 Å². The average molecular weight is 421 g/mol. The van der Waals surface area contributed by atoms with Crippen LogP contribution in [0.5, 0.6) is 5.75 Å². The zero-order chi connectivity index (χ0) is 21.0. The number of amides is 1. The van der Waals surface area contributed by atoms with Crippen LogP contribution in [0.25, 0.3) is 0 Å². The minimum absolute atomic E-state index is 0.0290. The van der Waals surface area contributed by atoms with Crippen LogP contribution in [0.2, 0.25) is 5.02 Å². The Balaban J connectivity index is 1.59. The summed E-state index contributed by atoms with van der Waals surface area (Å²) in [7, 11) is 0. The first-order chi connectivity index (χ1) is 13.9. The second-order valence-electron chi connectivity index (χ2n) is 6.27. The number of nitro groups is 2. The summed E-state index contributed by atoms with van der Waals surface area (Å²) in [6.45, 7) is 1.17. The summed E-state index contributed by atoms with van der Waals surface area (Å²) in [6, 6.07) is 10.3. The third-order valence-electron chi connectivity index (χ3n) is 4.52. The second-order valence-corrected chi connectivity index (χ2v) is 6.71. The van der Waals surface area contributed by atoms with Gasteiger partial charge in [0.1, 0.15) is 5.69 Å². The first-order valence-corrected chi connectivity index (χ1v) is 9.07. The van der Waals surface area contributed by atoms with Crippen LogP contribution in [0, 0.1) is 20.2 Å². The number of para-hydroxylation sites is 2. The van der Waals surface area contributed by atoms with Crippen molar-refractivity contribution in [3.8, 4) is 5.75 Å². The van der Waals surface area contributed by atoms with Crippen molar-refractivity contribution in [2.45, 2.75) is 0 Å². The smallest absolute Gasteiger partial charge is 0.310 e. The van der Waals surface area contributed by atoms with Crippen LogP contribution in [0.3, 0.4) is 0 Å². The molecule has 1 aliphatic heterocycles. The van der Waals surface area contributed by atoms with E-state index in [-0.39, 0.29) is 34.7 Å². The molecule has 0 aliphatic carbocycles.